The van der Waals surface area contributed by atoms with Gasteiger partial charge in [0, 0.05) is 0 Å². The molecule has 0 saturated heterocycles. The van der Waals surface area contributed by atoms with Crippen LogP contribution in [0.3, 0.4) is 0 Å². The summed E-state index contributed by atoms with van der Waals surface area (Å²) < 4.78 is 0. The van der Waals surface area contributed by atoms with Crippen molar-refractivity contribution < 1.29 is 0 Å². The van der Waals surface area contributed by atoms with Crippen molar-refractivity contribution in [3.8, 4) is 0 Å². The first-order valence-corrected chi connectivity index (χ1v) is 4.26. The molecule has 64 valence electrons. The molecule has 0 saturated carbocycles. The summed E-state index contributed by atoms with van der Waals surface area (Å²) in [5, 5.41) is 3.13. The first kappa shape index (κ1) is 10.4. The third-order valence-electron chi connectivity index (χ3n) is 1.71. The number of hydrogen-bond acceptors (Lipinski definition) is 1. The molecule has 0 aromatic carbocycles. The maximum Gasteiger partial charge on any atom is -0.00519 e. The molecule has 1 N–H and O–H groups in total. The molecule has 0 aliphatic rings. The van der Waals surface area contributed by atoms with Crippen molar-refractivity contribution in [3.63, 3.8) is 0 Å². The van der Waals surface area contributed by atoms with E-state index in [1.165, 1.54) is 19.3 Å². The Hall–Kier alpha value is -0.560. The van der Waals surface area contributed by atoms with E-state index in [1.54, 1.807) is 0 Å². The first-order chi connectivity index (χ1) is 5.31. The van der Waals surface area contributed by atoms with E-state index in [0.29, 0.717) is 0 Å². The Labute approximate surface area is 70.2 Å². The van der Waals surface area contributed by atoms with Gasteiger partial charge in [-0.3, -0.25) is 0 Å². The lowest BCUT2D eigenvalue weighted by atomic mass is 10.1. The lowest BCUT2D eigenvalue weighted by Crippen LogP contribution is -2.06. The minimum Gasteiger partial charge on any atom is -0.320 e. The maximum atomic E-state index is 3.86. The van der Waals surface area contributed by atoms with E-state index in [9.17, 15) is 0 Å². The van der Waals surface area contributed by atoms with Gasteiger partial charge in [-0.15, -0.1) is 0 Å². The van der Waals surface area contributed by atoms with Gasteiger partial charge in [-0.25, -0.2) is 0 Å². The van der Waals surface area contributed by atoms with E-state index in [1.807, 2.05) is 13.1 Å². The van der Waals surface area contributed by atoms with Crippen molar-refractivity contribution in [2.45, 2.75) is 25.7 Å². The zero-order valence-corrected chi connectivity index (χ0v) is 7.53. The van der Waals surface area contributed by atoms with E-state index in [-0.39, 0.29) is 0 Å². The molecule has 0 bridgehead atoms. The number of unbranched alkanes of at least 4 members (excludes halogenated alkanes) is 2. The van der Waals surface area contributed by atoms with Crippen molar-refractivity contribution in [2.24, 2.45) is 0 Å². The van der Waals surface area contributed by atoms with Gasteiger partial charge in [0.2, 0.25) is 0 Å². The minimum absolute atomic E-state index is 1.10. The van der Waals surface area contributed by atoms with Crippen LogP contribution in [0, 0.1) is 0 Å². The summed E-state index contributed by atoms with van der Waals surface area (Å²) in [6, 6.07) is 0. The summed E-state index contributed by atoms with van der Waals surface area (Å²) >= 11 is 0. The fourth-order valence-electron chi connectivity index (χ4n) is 0.933. The van der Waals surface area contributed by atoms with Gasteiger partial charge in [-0.1, -0.05) is 31.2 Å². The van der Waals surface area contributed by atoms with Crippen LogP contribution in [0.2, 0.25) is 0 Å². The molecule has 0 aromatic heterocycles. The molecule has 0 aliphatic carbocycles. The van der Waals surface area contributed by atoms with Gasteiger partial charge in [0.15, 0.2) is 0 Å². The average molecular weight is 153 g/mol. The van der Waals surface area contributed by atoms with Gasteiger partial charge in [-0.2, -0.15) is 0 Å². The molecule has 0 aromatic rings. The summed E-state index contributed by atoms with van der Waals surface area (Å²) in [5.74, 6) is 0. The summed E-state index contributed by atoms with van der Waals surface area (Å²) in [4.78, 5) is 0. The van der Waals surface area contributed by atoms with E-state index < -0.39 is 0 Å². The fourth-order valence-corrected chi connectivity index (χ4v) is 0.933. The largest absolute Gasteiger partial charge is 0.320 e. The standard InChI is InChI=1S/C10H19N/c1-4-10(2)8-6-5-7-9-11-3/h4,11H,1-2,5-9H2,3H3. The lowest BCUT2D eigenvalue weighted by molar-refractivity contribution is 0.644. The maximum absolute atomic E-state index is 3.86. The van der Waals surface area contributed by atoms with Gasteiger partial charge >= 0.3 is 0 Å². The predicted octanol–water partition coefficient (Wildman–Crippen LogP) is 2.51. The second kappa shape index (κ2) is 7.55. The smallest absolute Gasteiger partial charge is 0.00519 e. The Morgan fingerprint density at radius 3 is 2.64 bits per heavy atom. The molecule has 0 radical (unpaired) electrons. The Balaban J connectivity index is 3.01. The number of allylic oxidation sites excluding steroid dienone is 2. The van der Waals surface area contributed by atoms with Crippen LogP contribution in [-0.4, -0.2) is 13.6 Å². The van der Waals surface area contributed by atoms with E-state index in [2.05, 4.69) is 18.5 Å². The normalized spacial score (nSPS) is 9.55. The Kier molecular flexibility index (Phi) is 7.16. The van der Waals surface area contributed by atoms with E-state index in [4.69, 9.17) is 0 Å². The third kappa shape index (κ3) is 7.34. The number of nitrogens with one attached hydrogen (secondary N) is 1. The first-order valence-electron chi connectivity index (χ1n) is 4.26. The van der Waals surface area contributed by atoms with Crippen LogP contribution < -0.4 is 5.32 Å². The summed E-state index contributed by atoms with van der Waals surface area (Å²) in [6.07, 6.45) is 6.74. The van der Waals surface area contributed by atoms with E-state index in [0.717, 1.165) is 18.5 Å². The highest BCUT2D eigenvalue weighted by molar-refractivity contribution is 5.10. The summed E-state index contributed by atoms with van der Waals surface area (Å²) in [7, 11) is 1.99. The van der Waals surface area contributed by atoms with Crippen LogP contribution in [0.5, 0.6) is 0 Å². The molecule has 0 fully saturated rings. The van der Waals surface area contributed by atoms with Gasteiger partial charge in [-0.05, 0) is 32.9 Å². The predicted molar refractivity (Wildman–Crippen MR) is 51.7 cm³/mol. The van der Waals surface area contributed by atoms with Gasteiger partial charge in [0.1, 0.15) is 0 Å². The topological polar surface area (TPSA) is 12.0 Å². The SMILES string of the molecule is C=CC(=C)CCCCCNC. The average Bonchev–Trinajstić information content (AvgIpc) is 2.04. The van der Waals surface area contributed by atoms with Crippen LogP contribution in [0.25, 0.3) is 0 Å². The highest BCUT2D eigenvalue weighted by Crippen LogP contribution is 2.06. The molecule has 0 spiro atoms. The van der Waals surface area contributed by atoms with E-state index >= 15 is 0 Å². The lowest BCUT2D eigenvalue weighted by Gasteiger charge is -2.00. The molecule has 0 heterocycles. The molecule has 0 aliphatic heterocycles. The molecule has 1 nitrogen and oxygen atoms in total. The second-order valence-electron chi connectivity index (χ2n) is 2.78. The number of rotatable bonds is 7. The zero-order valence-electron chi connectivity index (χ0n) is 7.53. The minimum atomic E-state index is 1.10. The molecule has 1 heteroatoms. The molecular formula is C10H19N. The van der Waals surface area contributed by atoms with Crippen molar-refractivity contribution in [1.82, 2.24) is 5.32 Å². The molecular weight excluding hydrogens is 134 g/mol. The van der Waals surface area contributed by atoms with Crippen molar-refractivity contribution >= 4 is 0 Å². The zero-order chi connectivity index (χ0) is 8.53. The molecule has 0 atom stereocenters. The summed E-state index contributed by atoms with van der Waals surface area (Å²) in [5.41, 5.74) is 1.16. The van der Waals surface area contributed by atoms with Crippen molar-refractivity contribution in [3.05, 3.63) is 24.8 Å². The highest BCUT2D eigenvalue weighted by atomic mass is 14.8. The quantitative estimate of drug-likeness (QED) is 0.438. The van der Waals surface area contributed by atoms with Crippen molar-refractivity contribution in [1.29, 1.82) is 0 Å². The highest BCUT2D eigenvalue weighted by Gasteiger charge is 1.89. The Morgan fingerprint density at radius 2 is 2.09 bits per heavy atom. The van der Waals surface area contributed by atoms with Crippen LogP contribution in [-0.2, 0) is 0 Å². The van der Waals surface area contributed by atoms with Crippen LogP contribution >= 0.6 is 0 Å². The van der Waals surface area contributed by atoms with Gasteiger partial charge in [0.25, 0.3) is 0 Å². The number of hydrogen-bond donors (Lipinski definition) is 1. The molecule has 0 rings (SSSR count). The van der Waals surface area contributed by atoms with Crippen molar-refractivity contribution in [2.75, 3.05) is 13.6 Å². The molecule has 11 heavy (non-hydrogen) atoms. The second-order valence-corrected chi connectivity index (χ2v) is 2.78. The molecule has 0 amide bonds. The summed E-state index contributed by atoms with van der Waals surface area (Å²) in [6.45, 7) is 8.65. The van der Waals surface area contributed by atoms with Crippen LogP contribution in [0.4, 0.5) is 0 Å². The monoisotopic (exact) mass is 153 g/mol. The Morgan fingerprint density at radius 1 is 1.36 bits per heavy atom. The fraction of sp³-hybridized carbons (Fsp3) is 0.600. The van der Waals surface area contributed by atoms with Crippen LogP contribution in [0.1, 0.15) is 25.7 Å². The third-order valence-corrected chi connectivity index (χ3v) is 1.71. The molecule has 0 unspecified atom stereocenters. The van der Waals surface area contributed by atoms with Crippen LogP contribution in [0.15, 0.2) is 24.8 Å². The van der Waals surface area contributed by atoms with Gasteiger partial charge < -0.3 is 5.32 Å². The Bertz CT molecular complexity index is 116. The van der Waals surface area contributed by atoms with Gasteiger partial charge in [0.05, 0.1) is 0 Å².